The van der Waals surface area contributed by atoms with Crippen LogP contribution in [-0.2, 0) is 11.2 Å². The van der Waals surface area contributed by atoms with Gasteiger partial charge in [-0.1, -0.05) is 25.5 Å². The van der Waals surface area contributed by atoms with E-state index in [1.54, 1.807) is 7.11 Å². The summed E-state index contributed by atoms with van der Waals surface area (Å²) in [7, 11) is 1.78. The van der Waals surface area contributed by atoms with Gasteiger partial charge in [-0.3, -0.25) is 4.99 Å². The van der Waals surface area contributed by atoms with E-state index in [-0.39, 0.29) is 0 Å². The molecule has 1 N–H and O–H groups in total. The van der Waals surface area contributed by atoms with Gasteiger partial charge in [-0.25, -0.2) is 0 Å². The summed E-state index contributed by atoms with van der Waals surface area (Å²) in [4.78, 5) is 7.19. The molecule has 1 aromatic carbocycles. The van der Waals surface area contributed by atoms with Crippen molar-refractivity contribution in [3.8, 4) is 5.75 Å². The smallest absolute Gasteiger partial charge is 0.193 e. The van der Waals surface area contributed by atoms with Gasteiger partial charge in [-0.2, -0.15) is 0 Å². The number of unbranched alkanes of at least 4 members (excludes halogenated alkanes) is 1. The topological polar surface area (TPSA) is 46.1 Å². The number of ether oxygens (including phenoxy) is 2. The lowest BCUT2D eigenvalue weighted by Gasteiger charge is -2.21. The Labute approximate surface area is 158 Å². The second-order valence-corrected chi connectivity index (χ2v) is 6.89. The quantitative estimate of drug-likeness (QED) is 0.394. The molecule has 0 aromatic heterocycles. The molecule has 2 rings (SSSR count). The summed E-state index contributed by atoms with van der Waals surface area (Å²) in [5.74, 6) is 2.61. The van der Waals surface area contributed by atoms with E-state index in [4.69, 9.17) is 14.5 Å². The Morgan fingerprint density at radius 3 is 2.77 bits per heavy atom. The number of rotatable bonds is 10. The first-order chi connectivity index (χ1) is 12.8. The molecule has 146 valence electrons. The molecule has 0 saturated carbocycles. The lowest BCUT2D eigenvalue weighted by molar-refractivity contribution is 0.157. The number of hydrogen-bond donors (Lipinski definition) is 1. The summed E-state index contributed by atoms with van der Waals surface area (Å²) in [6.07, 6.45) is 4.39. The Morgan fingerprint density at radius 1 is 1.27 bits per heavy atom. The number of guanidine groups is 1. The molecule has 1 heterocycles. The Balaban J connectivity index is 1.82. The van der Waals surface area contributed by atoms with E-state index in [9.17, 15) is 0 Å². The highest BCUT2D eigenvalue weighted by atomic mass is 16.5. The summed E-state index contributed by atoms with van der Waals surface area (Å²) < 4.78 is 11.0. The fraction of sp³-hybridized carbons (Fsp3) is 0.667. The number of methoxy groups -OCH3 is 1. The molecule has 26 heavy (non-hydrogen) atoms. The second kappa shape index (κ2) is 11.8. The van der Waals surface area contributed by atoms with Gasteiger partial charge in [0, 0.05) is 39.2 Å². The number of hydrogen-bond acceptors (Lipinski definition) is 3. The number of nitrogens with zero attached hydrogens (tertiary/aromatic N) is 2. The van der Waals surface area contributed by atoms with Gasteiger partial charge in [-0.05, 0) is 43.9 Å². The molecule has 5 heteroatoms. The van der Waals surface area contributed by atoms with E-state index >= 15 is 0 Å². The fourth-order valence-electron chi connectivity index (χ4n) is 3.20. The molecular formula is C21H35N3O2. The minimum absolute atomic E-state index is 0.615. The van der Waals surface area contributed by atoms with E-state index in [1.165, 1.54) is 12.0 Å². The van der Waals surface area contributed by atoms with E-state index in [1.807, 2.05) is 0 Å². The molecule has 1 fully saturated rings. The Morgan fingerprint density at radius 2 is 2.08 bits per heavy atom. The zero-order valence-electron chi connectivity index (χ0n) is 16.7. The molecule has 1 unspecified atom stereocenters. The fourth-order valence-corrected chi connectivity index (χ4v) is 3.20. The van der Waals surface area contributed by atoms with Crippen molar-refractivity contribution in [1.29, 1.82) is 0 Å². The maximum Gasteiger partial charge on any atom is 0.193 e. The van der Waals surface area contributed by atoms with Gasteiger partial charge in [0.15, 0.2) is 5.96 Å². The molecule has 5 nitrogen and oxygen atoms in total. The van der Waals surface area contributed by atoms with E-state index < -0.39 is 0 Å². The van der Waals surface area contributed by atoms with Gasteiger partial charge >= 0.3 is 0 Å². The van der Waals surface area contributed by atoms with Crippen LogP contribution in [0.25, 0.3) is 0 Å². The molecule has 0 aliphatic carbocycles. The van der Waals surface area contributed by atoms with Crippen LogP contribution in [0.1, 0.15) is 38.7 Å². The standard InChI is InChI=1S/C21H35N3O2/c1-4-6-15-26-20-9-7-18(8-10-20)11-13-23-21(22-5-2)24-14-12-19(16-24)17-25-3/h7-10,19H,4-6,11-17H2,1-3H3,(H,22,23). The van der Waals surface area contributed by atoms with E-state index in [0.29, 0.717) is 5.92 Å². The van der Waals surface area contributed by atoms with Crippen molar-refractivity contribution in [2.45, 2.75) is 39.5 Å². The van der Waals surface area contributed by atoms with Gasteiger partial charge in [-0.15, -0.1) is 0 Å². The van der Waals surface area contributed by atoms with Crippen LogP contribution in [0.4, 0.5) is 0 Å². The minimum Gasteiger partial charge on any atom is -0.494 e. The average molecular weight is 362 g/mol. The van der Waals surface area contributed by atoms with Crippen LogP contribution in [0, 0.1) is 5.92 Å². The van der Waals surface area contributed by atoms with Crippen molar-refractivity contribution in [1.82, 2.24) is 10.2 Å². The predicted molar refractivity (Wildman–Crippen MR) is 108 cm³/mol. The number of benzene rings is 1. The summed E-state index contributed by atoms with van der Waals surface area (Å²) in [6.45, 7) is 9.71. The van der Waals surface area contributed by atoms with Gasteiger partial charge in [0.2, 0.25) is 0 Å². The maximum absolute atomic E-state index is 5.72. The lowest BCUT2D eigenvalue weighted by atomic mass is 10.1. The van der Waals surface area contributed by atoms with Gasteiger partial charge < -0.3 is 19.7 Å². The molecule has 1 atom stereocenters. The first-order valence-corrected chi connectivity index (χ1v) is 10.0. The number of nitrogens with one attached hydrogen (secondary N) is 1. The predicted octanol–water partition coefficient (Wildman–Crippen LogP) is 3.34. The molecule has 1 aliphatic rings. The number of likely N-dealkylation sites (tertiary alicyclic amines) is 1. The van der Waals surface area contributed by atoms with E-state index in [0.717, 1.165) is 70.4 Å². The van der Waals surface area contributed by atoms with Crippen LogP contribution >= 0.6 is 0 Å². The molecule has 0 radical (unpaired) electrons. The third-order valence-electron chi connectivity index (χ3n) is 4.67. The van der Waals surface area contributed by atoms with Crippen LogP contribution in [0.15, 0.2) is 29.3 Å². The van der Waals surface area contributed by atoms with Crippen molar-refractivity contribution in [2.75, 3.05) is 46.5 Å². The first kappa shape index (κ1) is 20.6. The van der Waals surface area contributed by atoms with Gasteiger partial charge in [0.1, 0.15) is 5.75 Å². The summed E-state index contributed by atoms with van der Waals surface area (Å²) in [6, 6.07) is 8.42. The first-order valence-electron chi connectivity index (χ1n) is 10.0. The van der Waals surface area contributed by atoms with Crippen LogP contribution < -0.4 is 10.1 Å². The third-order valence-corrected chi connectivity index (χ3v) is 4.67. The summed E-state index contributed by atoms with van der Waals surface area (Å²) >= 11 is 0. The average Bonchev–Trinajstić information content (AvgIpc) is 3.11. The van der Waals surface area contributed by atoms with Crippen LogP contribution in [0.2, 0.25) is 0 Å². The molecule has 1 saturated heterocycles. The Bertz CT molecular complexity index is 531. The zero-order valence-corrected chi connectivity index (χ0v) is 16.7. The summed E-state index contributed by atoms with van der Waals surface area (Å²) in [5, 5.41) is 3.43. The van der Waals surface area contributed by atoms with Crippen molar-refractivity contribution < 1.29 is 9.47 Å². The SMILES string of the molecule is CCCCOc1ccc(CCN=C(NCC)N2CCC(COC)C2)cc1. The van der Waals surface area contributed by atoms with Crippen LogP contribution in [0.5, 0.6) is 5.75 Å². The molecule has 0 spiro atoms. The lowest BCUT2D eigenvalue weighted by Crippen LogP contribution is -2.40. The zero-order chi connectivity index (χ0) is 18.6. The molecule has 0 bridgehead atoms. The van der Waals surface area contributed by atoms with Crippen LogP contribution in [-0.4, -0.2) is 57.4 Å². The highest BCUT2D eigenvalue weighted by Gasteiger charge is 2.24. The largest absolute Gasteiger partial charge is 0.494 e. The van der Waals surface area contributed by atoms with Crippen molar-refractivity contribution in [3.63, 3.8) is 0 Å². The highest BCUT2D eigenvalue weighted by molar-refractivity contribution is 5.80. The monoisotopic (exact) mass is 361 g/mol. The molecular weight excluding hydrogens is 326 g/mol. The molecule has 1 aromatic rings. The van der Waals surface area contributed by atoms with Crippen LogP contribution in [0.3, 0.4) is 0 Å². The van der Waals surface area contributed by atoms with Gasteiger partial charge in [0.05, 0.1) is 13.2 Å². The van der Waals surface area contributed by atoms with Crippen molar-refractivity contribution in [2.24, 2.45) is 10.9 Å². The Kier molecular flexibility index (Phi) is 9.32. The Hall–Kier alpha value is -1.75. The minimum atomic E-state index is 0.615. The number of aliphatic imine (C=N–C) groups is 1. The highest BCUT2D eigenvalue weighted by Crippen LogP contribution is 2.17. The summed E-state index contributed by atoms with van der Waals surface area (Å²) in [5.41, 5.74) is 1.30. The second-order valence-electron chi connectivity index (χ2n) is 6.89. The van der Waals surface area contributed by atoms with E-state index in [2.05, 4.69) is 48.3 Å². The van der Waals surface area contributed by atoms with Crippen molar-refractivity contribution >= 4 is 5.96 Å². The molecule has 1 aliphatic heterocycles. The molecule has 0 amide bonds. The normalized spacial score (nSPS) is 17.6. The third kappa shape index (κ3) is 6.87. The maximum atomic E-state index is 5.72. The van der Waals surface area contributed by atoms with Gasteiger partial charge in [0.25, 0.3) is 0 Å². The van der Waals surface area contributed by atoms with Crippen molar-refractivity contribution in [3.05, 3.63) is 29.8 Å².